The molecule has 34 heavy (non-hydrogen) atoms. The normalized spacial score (nSPS) is 16.0. The summed E-state index contributed by atoms with van der Waals surface area (Å²) in [5, 5.41) is 30.8. The fourth-order valence-corrected chi connectivity index (χ4v) is 3.45. The van der Waals surface area contributed by atoms with E-state index in [9.17, 15) is 32.6 Å². The molecule has 2 aromatic rings. The van der Waals surface area contributed by atoms with Gasteiger partial charge >= 0.3 is 12.2 Å². The molecule has 12 heteroatoms. The molecule has 0 saturated carbocycles. The number of anilines is 1. The Hall–Kier alpha value is -3.22. The number of methoxy groups -OCH3 is 1. The van der Waals surface area contributed by atoms with Gasteiger partial charge in [0.2, 0.25) is 0 Å². The van der Waals surface area contributed by atoms with Crippen LogP contribution in [0.5, 0.6) is 5.75 Å². The summed E-state index contributed by atoms with van der Waals surface area (Å²) in [6.07, 6.45) is -4.52. The van der Waals surface area contributed by atoms with Crippen molar-refractivity contribution in [2.45, 2.75) is 24.8 Å². The minimum atomic E-state index is -4.60. The molecule has 3 rings (SSSR count). The number of hydrogen-bond donors (Lipinski definition) is 4. The summed E-state index contributed by atoms with van der Waals surface area (Å²) in [6.45, 7) is -0.398. The van der Waals surface area contributed by atoms with Crippen LogP contribution < -0.4 is 10.1 Å². The zero-order chi connectivity index (χ0) is 25.0. The second kappa shape index (κ2) is 10.4. The summed E-state index contributed by atoms with van der Waals surface area (Å²) in [5.74, 6) is -1.16. The number of ether oxygens (including phenoxy) is 1. The number of pyridine rings is 1. The predicted molar refractivity (Wildman–Crippen MR) is 113 cm³/mol. The number of urea groups is 1. The maximum absolute atomic E-state index is 14.6. The summed E-state index contributed by atoms with van der Waals surface area (Å²) in [4.78, 5) is 17.9. The Morgan fingerprint density at radius 3 is 2.59 bits per heavy atom. The SMILES string of the molecule is COc1cc(NC(=O)N2CC=C(c3ncc([C@H](O)[C@@H](O)CO)cc3F)CC2)ccc1C(F)(F)F. The van der Waals surface area contributed by atoms with Gasteiger partial charge in [-0.2, -0.15) is 13.2 Å². The van der Waals surface area contributed by atoms with Crippen LogP contribution in [0.25, 0.3) is 5.57 Å². The highest BCUT2D eigenvalue weighted by atomic mass is 19.4. The molecule has 2 amide bonds. The van der Waals surface area contributed by atoms with E-state index in [1.54, 1.807) is 6.08 Å². The second-order valence-corrected chi connectivity index (χ2v) is 7.56. The lowest BCUT2D eigenvalue weighted by Gasteiger charge is -2.27. The highest BCUT2D eigenvalue weighted by Crippen LogP contribution is 2.37. The minimum Gasteiger partial charge on any atom is -0.496 e. The Labute approximate surface area is 192 Å². The second-order valence-electron chi connectivity index (χ2n) is 7.56. The van der Waals surface area contributed by atoms with E-state index >= 15 is 0 Å². The van der Waals surface area contributed by atoms with Crippen molar-refractivity contribution in [1.29, 1.82) is 0 Å². The van der Waals surface area contributed by atoms with Gasteiger partial charge in [-0.05, 0) is 30.2 Å². The number of halogens is 4. The van der Waals surface area contributed by atoms with Crippen LogP contribution >= 0.6 is 0 Å². The molecule has 1 aromatic heterocycles. The van der Waals surface area contributed by atoms with Gasteiger partial charge in [0, 0.05) is 36.6 Å². The molecule has 8 nitrogen and oxygen atoms in total. The molecule has 1 aliphatic heterocycles. The molecule has 0 bridgehead atoms. The number of benzene rings is 1. The predicted octanol–water partition coefficient (Wildman–Crippen LogP) is 2.96. The lowest BCUT2D eigenvalue weighted by molar-refractivity contribution is -0.138. The van der Waals surface area contributed by atoms with Gasteiger partial charge in [-0.3, -0.25) is 4.98 Å². The van der Waals surface area contributed by atoms with Gasteiger partial charge in [0.1, 0.15) is 29.5 Å². The molecule has 0 radical (unpaired) electrons. The van der Waals surface area contributed by atoms with Gasteiger partial charge in [0.15, 0.2) is 0 Å². The van der Waals surface area contributed by atoms with Crippen molar-refractivity contribution < 1.29 is 42.4 Å². The van der Waals surface area contributed by atoms with E-state index < -0.39 is 48.2 Å². The molecule has 0 fully saturated rings. The zero-order valence-electron chi connectivity index (χ0n) is 18.0. The van der Waals surface area contributed by atoms with Crippen LogP contribution in [-0.4, -0.2) is 64.1 Å². The Morgan fingerprint density at radius 2 is 2.03 bits per heavy atom. The molecule has 1 aromatic carbocycles. The molecule has 184 valence electrons. The van der Waals surface area contributed by atoms with Crippen LogP contribution in [0.4, 0.5) is 28.0 Å². The van der Waals surface area contributed by atoms with Crippen molar-refractivity contribution in [3.63, 3.8) is 0 Å². The van der Waals surface area contributed by atoms with E-state index in [1.807, 2.05) is 0 Å². The lowest BCUT2D eigenvalue weighted by Crippen LogP contribution is -2.38. The summed E-state index contributed by atoms with van der Waals surface area (Å²) < 4.78 is 58.3. The molecule has 2 atom stereocenters. The Bertz CT molecular complexity index is 1080. The first-order valence-corrected chi connectivity index (χ1v) is 10.2. The minimum absolute atomic E-state index is 0.00665. The van der Waals surface area contributed by atoms with E-state index in [4.69, 9.17) is 9.84 Å². The number of alkyl halides is 3. The van der Waals surface area contributed by atoms with Gasteiger partial charge in [-0.25, -0.2) is 9.18 Å². The monoisotopic (exact) mass is 485 g/mol. The number of amides is 2. The average molecular weight is 485 g/mol. The van der Waals surface area contributed by atoms with Crippen molar-refractivity contribution in [3.05, 3.63) is 59.2 Å². The van der Waals surface area contributed by atoms with Gasteiger partial charge in [0.05, 0.1) is 19.3 Å². The van der Waals surface area contributed by atoms with Gasteiger partial charge in [-0.1, -0.05) is 6.08 Å². The third kappa shape index (κ3) is 5.64. The van der Waals surface area contributed by atoms with Crippen molar-refractivity contribution in [3.8, 4) is 5.75 Å². The van der Waals surface area contributed by atoms with E-state index in [-0.39, 0.29) is 36.5 Å². The van der Waals surface area contributed by atoms with Crippen LogP contribution in [-0.2, 0) is 6.18 Å². The Morgan fingerprint density at radius 1 is 1.29 bits per heavy atom. The average Bonchev–Trinajstić information content (AvgIpc) is 2.82. The first kappa shape index (κ1) is 25.4. The number of aliphatic hydroxyl groups excluding tert-OH is 3. The van der Waals surface area contributed by atoms with Crippen LogP contribution in [0.2, 0.25) is 0 Å². The Balaban J connectivity index is 1.67. The maximum Gasteiger partial charge on any atom is 0.419 e. The largest absolute Gasteiger partial charge is 0.496 e. The fraction of sp³-hybridized carbons (Fsp3) is 0.364. The number of carbonyl (C=O) groups is 1. The molecule has 0 unspecified atom stereocenters. The number of nitrogens with one attached hydrogen (secondary N) is 1. The van der Waals surface area contributed by atoms with E-state index in [0.29, 0.717) is 5.57 Å². The van der Waals surface area contributed by atoms with Crippen molar-refractivity contribution >= 4 is 17.3 Å². The smallest absolute Gasteiger partial charge is 0.419 e. The molecule has 2 heterocycles. The third-order valence-electron chi connectivity index (χ3n) is 5.31. The van der Waals surface area contributed by atoms with Gasteiger partial charge in [0.25, 0.3) is 0 Å². The summed E-state index contributed by atoms with van der Waals surface area (Å²) in [5.41, 5.74) is -0.273. The summed E-state index contributed by atoms with van der Waals surface area (Å²) in [6, 6.07) is 3.48. The summed E-state index contributed by atoms with van der Waals surface area (Å²) in [7, 11) is 1.10. The van der Waals surface area contributed by atoms with E-state index in [0.717, 1.165) is 31.4 Å². The lowest BCUT2D eigenvalue weighted by atomic mass is 10.0. The fourth-order valence-electron chi connectivity index (χ4n) is 3.45. The standard InChI is InChI=1S/C22H23F4N3O5/c1-34-18-9-14(2-3-15(18)22(24,25)26)28-21(33)29-6-4-12(5-7-29)19-16(23)8-13(10-27-19)20(32)17(31)11-30/h2-4,8-10,17,20,30-32H,5-7,11H2,1H3,(H,28,33)/t17-,20-/m0/s1. The Kier molecular flexibility index (Phi) is 7.75. The molecule has 0 spiro atoms. The molecule has 4 N–H and O–H groups in total. The first-order chi connectivity index (χ1) is 16.0. The highest BCUT2D eigenvalue weighted by molar-refractivity contribution is 5.90. The number of rotatable bonds is 6. The molecule has 1 aliphatic rings. The number of aliphatic hydroxyl groups is 3. The molecular formula is C22H23F4N3O5. The summed E-state index contributed by atoms with van der Waals surface area (Å²) >= 11 is 0. The van der Waals surface area contributed by atoms with Crippen molar-refractivity contribution in [2.24, 2.45) is 0 Å². The van der Waals surface area contributed by atoms with E-state index in [2.05, 4.69) is 10.3 Å². The van der Waals surface area contributed by atoms with Crippen LogP contribution in [0.3, 0.4) is 0 Å². The molecule has 0 saturated heterocycles. The quantitative estimate of drug-likeness (QED) is 0.468. The van der Waals surface area contributed by atoms with Crippen LogP contribution in [0, 0.1) is 5.82 Å². The first-order valence-electron chi connectivity index (χ1n) is 10.2. The van der Waals surface area contributed by atoms with Gasteiger partial charge in [-0.15, -0.1) is 0 Å². The van der Waals surface area contributed by atoms with Crippen molar-refractivity contribution in [1.82, 2.24) is 9.88 Å². The maximum atomic E-state index is 14.6. The van der Waals surface area contributed by atoms with Gasteiger partial charge < -0.3 is 30.3 Å². The topological polar surface area (TPSA) is 115 Å². The molecule has 0 aliphatic carbocycles. The number of aromatic nitrogens is 1. The van der Waals surface area contributed by atoms with Crippen LogP contribution in [0.1, 0.15) is 29.3 Å². The van der Waals surface area contributed by atoms with E-state index in [1.165, 1.54) is 11.1 Å². The number of carbonyl (C=O) groups excluding carboxylic acids is 1. The van der Waals surface area contributed by atoms with Crippen molar-refractivity contribution in [2.75, 3.05) is 32.1 Å². The van der Waals surface area contributed by atoms with Crippen LogP contribution in [0.15, 0.2) is 36.5 Å². The third-order valence-corrected chi connectivity index (χ3v) is 5.31. The molecular weight excluding hydrogens is 462 g/mol. The highest BCUT2D eigenvalue weighted by Gasteiger charge is 2.34. The number of hydrogen-bond acceptors (Lipinski definition) is 6. The number of nitrogens with zero attached hydrogens (tertiary/aromatic N) is 2. The zero-order valence-corrected chi connectivity index (χ0v) is 18.0.